The van der Waals surface area contributed by atoms with Crippen LogP contribution in [0.2, 0.25) is 0 Å². The molecular weight excluding hydrogens is 222 g/mol. The predicted octanol–water partition coefficient (Wildman–Crippen LogP) is 0.484. The van der Waals surface area contributed by atoms with Crippen molar-refractivity contribution in [1.82, 2.24) is 4.90 Å². The molecule has 92 valence electrons. The molecule has 1 unspecified atom stereocenters. The minimum Gasteiger partial charge on any atom is -0.430 e. The standard InChI is InChI=1S/C12H15NO4/c14-6-4-9-3-5-13(7-9)12(16)10-1-2-11(15)17-8-10/h1-2,8-9,14H,3-7H2. The monoisotopic (exact) mass is 237 g/mol. The van der Waals surface area contributed by atoms with E-state index in [-0.39, 0.29) is 12.5 Å². The van der Waals surface area contributed by atoms with Gasteiger partial charge in [-0.05, 0) is 24.8 Å². The van der Waals surface area contributed by atoms with Crippen molar-refractivity contribution >= 4 is 5.91 Å². The van der Waals surface area contributed by atoms with E-state index < -0.39 is 5.63 Å². The summed E-state index contributed by atoms with van der Waals surface area (Å²) in [7, 11) is 0. The maximum atomic E-state index is 12.0. The zero-order chi connectivity index (χ0) is 12.3. The highest BCUT2D eigenvalue weighted by atomic mass is 16.4. The summed E-state index contributed by atoms with van der Waals surface area (Å²) in [5.41, 5.74) is -0.0598. The number of rotatable bonds is 3. The summed E-state index contributed by atoms with van der Waals surface area (Å²) >= 11 is 0. The van der Waals surface area contributed by atoms with Crippen LogP contribution in [0.25, 0.3) is 0 Å². The summed E-state index contributed by atoms with van der Waals surface area (Å²) in [6, 6.07) is 2.72. The third-order valence-electron chi connectivity index (χ3n) is 3.06. The predicted molar refractivity (Wildman–Crippen MR) is 60.7 cm³/mol. The fraction of sp³-hybridized carbons (Fsp3) is 0.500. The molecule has 1 aromatic rings. The van der Waals surface area contributed by atoms with Crippen molar-refractivity contribution in [2.75, 3.05) is 19.7 Å². The van der Waals surface area contributed by atoms with E-state index in [4.69, 9.17) is 5.11 Å². The highest BCUT2D eigenvalue weighted by Gasteiger charge is 2.26. The molecule has 0 aliphatic carbocycles. The van der Waals surface area contributed by atoms with Gasteiger partial charge in [-0.25, -0.2) is 4.79 Å². The zero-order valence-corrected chi connectivity index (χ0v) is 9.46. The molecule has 1 atom stereocenters. The van der Waals surface area contributed by atoms with E-state index in [0.29, 0.717) is 24.6 Å². The van der Waals surface area contributed by atoms with E-state index in [1.807, 2.05) is 0 Å². The van der Waals surface area contributed by atoms with E-state index in [2.05, 4.69) is 4.42 Å². The van der Waals surface area contributed by atoms with Gasteiger partial charge < -0.3 is 14.4 Å². The lowest BCUT2D eigenvalue weighted by atomic mass is 10.1. The number of hydrogen-bond donors (Lipinski definition) is 1. The highest BCUT2D eigenvalue weighted by molar-refractivity contribution is 5.93. The van der Waals surface area contributed by atoms with Gasteiger partial charge in [0.05, 0.1) is 5.56 Å². The van der Waals surface area contributed by atoms with E-state index in [0.717, 1.165) is 12.8 Å². The molecule has 1 aromatic heterocycles. The minimum atomic E-state index is -0.457. The number of aliphatic hydroxyl groups excluding tert-OH is 1. The van der Waals surface area contributed by atoms with Crippen LogP contribution in [0.3, 0.4) is 0 Å². The molecular formula is C12H15NO4. The van der Waals surface area contributed by atoms with Gasteiger partial charge in [-0.15, -0.1) is 0 Å². The fourth-order valence-corrected chi connectivity index (χ4v) is 2.10. The molecule has 5 heteroatoms. The van der Waals surface area contributed by atoms with Crippen LogP contribution in [0.15, 0.2) is 27.6 Å². The van der Waals surface area contributed by atoms with Gasteiger partial charge in [-0.2, -0.15) is 0 Å². The Labute approximate surface area is 98.7 Å². The molecule has 1 amide bonds. The van der Waals surface area contributed by atoms with Crippen LogP contribution in [0, 0.1) is 5.92 Å². The van der Waals surface area contributed by atoms with Gasteiger partial charge in [0.1, 0.15) is 6.26 Å². The maximum Gasteiger partial charge on any atom is 0.335 e. The van der Waals surface area contributed by atoms with Gasteiger partial charge >= 0.3 is 5.63 Å². The van der Waals surface area contributed by atoms with Gasteiger partial charge in [-0.1, -0.05) is 0 Å². The van der Waals surface area contributed by atoms with Crippen LogP contribution in [-0.4, -0.2) is 35.6 Å². The van der Waals surface area contributed by atoms with Gasteiger partial charge in [0.15, 0.2) is 0 Å². The summed E-state index contributed by atoms with van der Waals surface area (Å²) in [6.07, 6.45) is 2.85. The first-order valence-corrected chi connectivity index (χ1v) is 5.69. The van der Waals surface area contributed by atoms with Crippen LogP contribution >= 0.6 is 0 Å². The van der Waals surface area contributed by atoms with Crippen LogP contribution < -0.4 is 5.63 Å². The maximum absolute atomic E-state index is 12.0. The SMILES string of the molecule is O=C(c1ccc(=O)oc1)N1CCC(CCO)C1. The van der Waals surface area contributed by atoms with Crippen molar-refractivity contribution in [3.8, 4) is 0 Å². The van der Waals surface area contributed by atoms with Gasteiger partial charge in [-0.3, -0.25) is 4.79 Å². The van der Waals surface area contributed by atoms with Crippen molar-refractivity contribution in [3.05, 3.63) is 34.4 Å². The van der Waals surface area contributed by atoms with Crippen molar-refractivity contribution in [2.45, 2.75) is 12.8 Å². The molecule has 0 radical (unpaired) electrons. The minimum absolute atomic E-state index is 0.116. The molecule has 5 nitrogen and oxygen atoms in total. The highest BCUT2D eigenvalue weighted by Crippen LogP contribution is 2.20. The Morgan fingerprint density at radius 2 is 2.35 bits per heavy atom. The van der Waals surface area contributed by atoms with Gasteiger partial charge in [0.25, 0.3) is 5.91 Å². The summed E-state index contributed by atoms with van der Waals surface area (Å²) in [5.74, 6) is 0.258. The molecule has 0 bridgehead atoms. The first kappa shape index (κ1) is 11.9. The first-order valence-electron chi connectivity index (χ1n) is 5.69. The Balaban J connectivity index is 2.02. The lowest BCUT2D eigenvalue weighted by molar-refractivity contribution is 0.0782. The Bertz CT molecular complexity index is 434. The van der Waals surface area contributed by atoms with Crippen LogP contribution in [-0.2, 0) is 0 Å². The third kappa shape index (κ3) is 2.74. The molecule has 0 spiro atoms. The van der Waals surface area contributed by atoms with Gasteiger partial charge in [0, 0.05) is 25.8 Å². The molecule has 2 heterocycles. The largest absolute Gasteiger partial charge is 0.430 e. The van der Waals surface area contributed by atoms with E-state index >= 15 is 0 Å². The summed E-state index contributed by atoms with van der Waals surface area (Å²) in [5, 5.41) is 8.85. The van der Waals surface area contributed by atoms with Crippen LogP contribution in [0.4, 0.5) is 0 Å². The molecule has 1 N–H and O–H groups in total. The molecule has 0 saturated carbocycles. The number of carbonyl (C=O) groups excluding carboxylic acids is 1. The number of likely N-dealkylation sites (tertiary alicyclic amines) is 1. The van der Waals surface area contributed by atoms with E-state index in [1.165, 1.54) is 18.4 Å². The molecule has 1 aliphatic rings. The number of nitrogens with zero attached hydrogens (tertiary/aromatic N) is 1. The Morgan fingerprint density at radius 1 is 1.53 bits per heavy atom. The lowest BCUT2D eigenvalue weighted by Gasteiger charge is -2.15. The van der Waals surface area contributed by atoms with E-state index in [9.17, 15) is 9.59 Å². The quantitative estimate of drug-likeness (QED) is 0.830. The van der Waals surface area contributed by atoms with Crippen molar-refractivity contribution in [1.29, 1.82) is 0 Å². The summed E-state index contributed by atoms with van der Waals surface area (Å²) in [6.45, 7) is 1.52. The Hall–Kier alpha value is -1.62. The number of aliphatic hydroxyl groups is 1. The lowest BCUT2D eigenvalue weighted by Crippen LogP contribution is -2.29. The third-order valence-corrected chi connectivity index (χ3v) is 3.06. The second-order valence-electron chi connectivity index (χ2n) is 4.26. The molecule has 0 aromatic carbocycles. The van der Waals surface area contributed by atoms with Crippen LogP contribution in [0.5, 0.6) is 0 Å². The molecule has 1 fully saturated rings. The average Bonchev–Trinajstić information content (AvgIpc) is 2.78. The van der Waals surface area contributed by atoms with Gasteiger partial charge in [0.2, 0.25) is 0 Å². The normalized spacial score (nSPS) is 19.6. The van der Waals surface area contributed by atoms with Crippen LogP contribution in [0.1, 0.15) is 23.2 Å². The molecule has 1 saturated heterocycles. The number of amides is 1. The summed E-state index contributed by atoms with van der Waals surface area (Å²) < 4.78 is 4.67. The fourth-order valence-electron chi connectivity index (χ4n) is 2.10. The average molecular weight is 237 g/mol. The van der Waals surface area contributed by atoms with Crippen molar-refractivity contribution in [2.24, 2.45) is 5.92 Å². The molecule has 1 aliphatic heterocycles. The van der Waals surface area contributed by atoms with E-state index in [1.54, 1.807) is 4.90 Å². The second kappa shape index (κ2) is 5.14. The van der Waals surface area contributed by atoms with Crippen molar-refractivity contribution in [3.63, 3.8) is 0 Å². The zero-order valence-electron chi connectivity index (χ0n) is 9.46. The topological polar surface area (TPSA) is 70.8 Å². The Kier molecular flexibility index (Phi) is 3.58. The number of hydrogen-bond acceptors (Lipinski definition) is 4. The smallest absolute Gasteiger partial charge is 0.335 e. The van der Waals surface area contributed by atoms with Crippen molar-refractivity contribution < 1.29 is 14.3 Å². The number of carbonyl (C=O) groups is 1. The summed E-state index contributed by atoms with van der Waals surface area (Å²) in [4.78, 5) is 24.5. The molecule has 17 heavy (non-hydrogen) atoms. The first-order chi connectivity index (χ1) is 8.20. The second-order valence-corrected chi connectivity index (χ2v) is 4.26. The molecule has 2 rings (SSSR count). The Morgan fingerprint density at radius 3 is 3.00 bits per heavy atom.